The van der Waals surface area contributed by atoms with Crippen LogP contribution in [0.5, 0.6) is 11.5 Å². The molecule has 0 spiro atoms. The summed E-state index contributed by atoms with van der Waals surface area (Å²) in [6, 6.07) is 38.3. The van der Waals surface area contributed by atoms with Crippen LogP contribution in [0.1, 0.15) is 31.2 Å². The molecular weight excluding hydrogens is 915 g/mol. The van der Waals surface area contributed by atoms with Gasteiger partial charge < -0.3 is 32.7 Å². The van der Waals surface area contributed by atoms with Crippen molar-refractivity contribution in [2.24, 2.45) is 16.7 Å². The molecule has 8 N–H and O–H groups in total. The third-order valence-corrected chi connectivity index (χ3v) is 10.9. The van der Waals surface area contributed by atoms with Crippen LogP contribution in [0.4, 0.5) is 5.82 Å². The maximum Gasteiger partial charge on any atom is 0.172 e. The average molecular weight is 970 g/mol. The van der Waals surface area contributed by atoms with Crippen molar-refractivity contribution < 1.29 is 4.74 Å². The summed E-state index contributed by atoms with van der Waals surface area (Å²) in [6.45, 7) is 5.41. The summed E-state index contributed by atoms with van der Waals surface area (Å²) in [5.41, 5.74) is 9.81. The third-order valence-electron chi connectivity index (χ3n) is 9.50. The minimum absolute atomic E-state index is 0. The largest absolute Gasteiger partial charge is 0.457 e. The van der Waals surface area contributed by atoms with Crippen LogP contribution in [0, 0.1) is 0 Å². The number of halogens is 4. The van der Waals surface area contributed by atoms with Crippen molar-refractivity contribution in [3.8, 4) is 22.8 Å². The molecule has 4 aromatic carbocycles. The van der Waals surface area contributed by atoms with Crippen molar-refractivity contribution in [1.29, 1.82) is 0 Å². The van der Waals surface area contributed by atoms with E-state index in [0.717, 1.165) is 107 Å². The summed E-state index contributed by atoms with van der Waals surface area (Å²) in [4.78, 5) is 9.58. The van der Waals surface area contributed by atoms with Gasteiger partial charge in [0.1, 0.15) is 17.3 Å². The van der Waals surface area contributed by atoms with E-state index in [2.05, 4.69) is 82.2 Å². The van der Waals surface area contributed by atoms with Crippen LogP contribution in [0.15, 0.2) is 131 Å². The van der Waals surface area contributed by atoms with Crippen molar-refractivity contribution in [2.45, 2.75) is 44.3 Å². The first-order valence-electron chi connectivity index (χ1n) is 19.2. The van der Waals surface area contributed by atoms with E-state index in [0.29, 0.717) is 17.1 Å². The molecule has 0 radical (unpaired) electrons. The number of alkyl halides is 1. The highest BCUT2D eigenvalue weighted by Crippen LogP contribution is 2.31. The van der Waals surface area contributed by atoms with Gasteiger partial charge in [-0.15, -0.1) is 0 Å². The standard InChI is InChI=1S/C18H19BrClN5.C18H22N2O.C6H5Cl.C2H5BrN2.H3N/c1-24-8-6-12(7-9-24)22-17-10-16(13-4-2-3-5-15(13)20)23-18-14(19)11-21-25(17)18;19-16-10-12-20(13-11-16)14-15-6-8-18(9-7-15)21-17-4-2-1-3-5-17;7-6-4-2-1-3-5-6;3-1-2-5-4;/h2-5,10-12,22H,6-9H2,1H3;1-9,16H,10-14,19H2;1-5H;2H,1,4H2;1H3/b;;;5-2-;. The summed E-state index contributed by atoms with van der Waals surface area (Å²) in [7, 11) is 2.17. The minimum Gasteiger partial charge on any atom is -0.457 e. The number of para-hydroxylation sites is 1. The summed E-state index contributed by atoms with van der Waals surface area (Å²) in [5, 5.41) is 13.5. The first kappa shape index (κ1) is 47.6. The van der Waals surface area contributed by atoms with Crippen molar-refractivity contribution in [1.82, 2.24) is 30.5 Å². The summed E-state index contributed by atoms with van der Waals surface area (Å²) < 4.78 is 8.53. The number of anilines is 1. The quantitative estimate of drug-likeness (QED) is 0.0504. The Morgan fingerprint density at radius 3 is 2.03 bits per heavy atom. The zero-order valence-corrected chi connectivity index (χ0v) is 38.0. The predicted molar refractivity (Wildman–Crippen MR) is 254 cm³/mol. The van der Waals surface area contributed by atoms with Crippen LogP contribution >= 0.6 is 55.1 Å². The molecule has 0 unspecified atom stereocenters. The fourth-order valence-corrected chi connectivity index (χ4v) is 7.21. The molecule has 6 aromatic rings. The van der Waals surface area contributed by atoms with Gasteiger partial charge in [0.05, 0.1) is 16.4 Å². The average Bonchev–Trinajstić information content (AvgIpc) is 3.62. The monoisotopic (exact) mass is 966 g/mol. The maximum absolute atomic E-state index is 6.38. The van der Waals surface area contributed by atoms with Gasteiger partial charge in [0.15, 0.2) is 5.65 Å². The van der Waals surface area contributed by atoms with Crippen molar-refractivity contribution >= 4 is 72.7 Å². The first-order chi connectivity index (χ1) is 28.2. The summed E-state index contributed by atoms with van der Waals surface area (Å²) >= 11 is 18.5. The fraction of sp³-hybridized carbons (Fsp3) is 0.295. The number of rotatable bonds is 8. The van der Waals surface area contributed by atoms with Gasteiger partial charge in [0, 0.05) is 51.8 Å². The molecule has 2 aliphatic rings. The Morgan fingerprint density at radius 1 is 0.847 bits per heavy atom. The van der Waals surface area contributed by atoms with Crippen LogP contribution in [0.25, 0.3) is 16.9 Å². The number of nitrogens with one attached hydrogen (secondary N) is 1. The molecule has 0 amide bonds. The molecule has 59 heavy (non-hydrogen) atoms. The number of fused-ring (bicyclic) bond motifs is 1. The van der Waals surface area contributed by atoms with Crippen LogP contribution in [0.3, 0.4) is 0 Å². The van der Waals surface area contributed by atoms with Crippen molar-refractivity contribution in [3.05, 3.63) is 142 Å². The van der Waals surface area contributed by atoms with E-state index in [1.165, 1.54) is 5.56 Å². The van der Waals surface area contributed by atoms with Crippen LogP contribution < -0.4 is 27.8 Å². The maximum atomic E-state index is 6.38. The SMILES string of the molecule is CN1CCC(Nc2cc(-c3ccccc3Cl)nc3c(Br)cnn23)CC1.Clc1ccccc1.N.N/N=C\CBr.NC1CCN(Cc2ccc(Oc3ccccc3)cc2)CC1. The molecule has 2 fully saturated rings. The van der Waals surface area contributed by atoms with Gasteiger partial charge in [-0.3, -0.25) is 4.90 Å². The number of hydrazone groups is 1. The molecule has 8 rings (SSSR count). The first-order valence-corrected chi connectivity index (χ1v) is 21.9. The molecule has 2 aromatic heterocycles. The zero-order chi connectivity index (χ0) is 41.1. The van der Waals surface area contributed by atoms with E-state index in [9.17, 15) is 0 Å². The molecule has 0 atom stereocenters. The number of piperidine rings is 2. The number of hydrogen-bond donors (Lipinski definition) is 4. The predicted octanol–water partition coefficient (Wildman–Crippen LogP) is 10.5. The van der Waals surface area contributed by atoms with Crippen LogP contribution in [0.2, 0.25) is 10.0 Å². The van der Waals surface area contributed by atoms with E-state index in [1.54, 1.807) is 12.4 Å². The Kier molecular flexibility index (Phi) is 20.6. The van der Waals surface area contributed by atoms with E-state index < -0.39 is 0 Å². The van der Waals surface area contributed by atoms with Crippen molar-refractivity contribution in [2.75, 3.05) is 43.9 Å². The normalized spacial score (nSPS) is 14.8. The van der Waals surface area contributed by atoms with Gasteiger partial charge in [-0.1, -0.05) is 106 Å². The number of nitrogens with zero attached hydrogens (tertiary/aromatic N) is 6. The molecule has 15 heteroatoms. The highest BCUT2D eigenvalue weighted by atomic mass is 79.9. The molecule has 2 saturated heterocycles. The zero-order valence-electron chi connectivity index (χ0n) is 33.3. The Morgan fingerprint density at radius 2 is 1.46 bits per heavy atom. The van der Waals surface area contributed by atoms with E-state index >= 15 is 0 Å². The van der Waals surface area contributed by atoms with Crippen molar-refractivity contribution in [3.63, 3.8) is 0 Å². The number of benzene rings is 4. The fourth-order valence-electron chi connectivity index (χ4n) is 6.32. The third kappa shape index (κ3) is 15.8. The smallest absolute Gasteiger partial charge is 0.172 e. The molecule has 0 aliphatic carbocycles. The Hall–Kier alpha value is -4.05. The lowest BCUT2D eigenvalue weighted by atomic mass is 10.1. The molecule has 4 heterocycles. The van der Waals surface area contributed by atoms with Crippen LogP contribution in [-0.2, 0) is 6.54 Å². The van der Waals surface area contributed by atoms with E-state index in [-0.39, 0.29) is 6.15 Å². The van der Waals surface area contributed by atoms with E-state index in [1.807, 2.05) is 108 Å². The number of aromatic nitrogens is 3. The van der Waals surface area contributed by atoms with Gasteiger partial charge in [-0.05, 0) is 123 Å². The molecule has 0 saturated carbocycles. The van der Waals surface area contributed by atoms with Gasteiger partial charge in [-0.2, -0.15) is 14.7 Å². The molecule has 0 bridgehead atoms. The van der Waals surface area contributed by atoms with Gasteiger partial charge >= 0.3 is 0 Å². The highest BCUT2D eigenvalue weighted by Gasteiger charge is 2.20. The second kappa shape index (κ2) is 25.5. The Labute approximate surface area is 375 Å². The van der Waals surface area contributed by atoms with Gasteiger partial charge in [-0.25, -0.2) is 4.98 Å². The topological polar surface area (TPSA) is 157 Å². The lowest BCUT2D eigenvalue weighted by Gasteiger charge is -2.30. The summed E-state index contributed by atoms with van der Waals surface area (Å²) in [6.07, 6.45) is 7.79. The summed E-state index contributed by atoms with van der Waals surface area (Å²) in [5.74, 6) is 7.37. The highest BCUT2D eigenvalue weighted by molar-refractivity contribution is 9.10. The molecule has 2 aliphatic heterocycles. The lowest BCUT2D eigenvalue weighted by molar-refractivity contribution is 0.205. The molecule has 11 nitrogen and oxygen atoms in total. The van der Waals surface area contributed by atoms with Gasteiger partial charge in [0.2, 0.25) is 0 Å². The van der Waals surface area contributed by atoms with Gasteiger partial charge in [0.25, 0.3) is 0 Å². The molecular formula is C44H54Br2Cl2N10O. The Balaban J connectivity index is 0.000000203. The number of likely N-dealkylation sites (tertiary alicyclic amines) is 2. The number of nitrogens with two attached hydrogens (primary N) is 2. The number of ether oxygens (including phenoxy) is 1. The second-order valence-corrected chi connectivity index (χ2v) is 16.3. The lowest BCUT2D eigenvalue weighted by Crippen LogP contribution is -2.39. The minimum atomic E-state index is 0. The second-order valence-electron chi connectivity index (χ2n) is 13.9. The van der Waals surface area contributed by atoms with E-state index in [4.69, 9.17) is 38.7 Å². The number of hydrogen-bond acceptors (Lipinski definition) is 10. The van der Waals surface area contributed by atoms with Crippen LogP contribution in [-0.4, -0.2) is 81.3 Å². The molecule has 314 valence electrons. The Bertz CT molecular complexity index is 2110.